The van der Waals surface area contributed by atoms with Gasteiger partial charge in [-0.1, -0.05) is 51.0 Å². The highest BCUT2D eigenvalue weighted by Crippen LogP contribution is 2.31. The van der Waals surface area contributed by atoms with Crippen molar-refractivity contribution in [2.75, 3.05) is 5.32 Å². The van der Waals surface area contributed by atoms with E-state index in [4.69, 9.17) is 11.4 Å². The van der Waals surface area contributed by atoms with Crippen molar-refractivity contribution in [2.45, 2.75) is 64.0 Å². The van der Waals surface area contributed by atoms with Crippen LogP contribution in [0.3, 0.4) is 0 Å². The number of benzene rings is 2. The van der Waals surface area contributed by atoms with E-state index in [0.717, 1.165) is 53.5 Å². The minimum absolute atomic E-state index is 0.0148. The largest absolute Gasteiger partial charge is 0.382 e. The van der Waals surface area contributed by atoms with Gasteiger partial charge in [0.25, 0.3) is 5.91 Å². The SMILES string of the molecule is C#Cc1cccc(C(=O)NC2CCC(Nc3cc(C(C)(C)C)nc4ccccc34)CC2)c1. The lowest BCUT2D eigenvalue weighted by molar-refractivity contribution is 0.0926. The zero-order chi connectivity index (χ0) is 22.7. The van der Waals surface area contributed by atoms with Gasteiger partial charge in [-0.25, -0.2) is 0 Å². The van der Waals surface area contributed by atoms with Crippen LogP contribution in [0, 0.1) is 12.3 Å². The Balaban J connectivity index is 1.41. The molecule has 32 heavy (non-hydrogen) atoms. The van der Waals surface area contributed by atoms with Crippen molar-refractivity contribution < 1.29 is 4.79 Å². The van der Waals surface area contributed by atoms with Crippen LogP contribution in [0.5, 0.6) is 0 Å². The van der Waals surface area contributed by atoms with Crippen molar-refractivity contribution in [1.29, 1.82) is 0 Å². The second kappa shape index (κ2) is 9.04. The second-order valence-electron chi connectivity index (χ2n) is 9.71. The summed E-state index contributed by atoms with van der Waals surface area (Å²) in [6, 6.07) is 18.3. The van der Waals surface area contributed by atoms with Crippen LogP contribution >= 0.6 is 0 Å². The van der Waals surface area contributed by atoms with E-state index in [9.17, 15) is 4.79 Å². The molecule has 0 spiro atoms. The summed E-state index contributed by atoms with van der Waals surface area (Å²) in [6.45, 7) is 6.59. The summed E-state index contributed by atoms with van der Waals surface area (Å²) in [7, 11) is 0. The summed E-state index contributed by atoms with van der Waals surface area (Å²) < 4.78 is 0. The van der Waals surface area contributed by atoms with E-state index in [0.29, 0.717) is 11.6 Å². The molecular formula is C28H31N3O. The molecule has 0 radical (unpaired) electrons. The molecule has 2 aromatic carbocycles. The number of aromatic nitrogens is 1. The molecule has 1 heterocycles. The number of anilines is 1. The number of hydrogen-bond acceptors (Lipinski definition) is 3. The lowest BCUT2D eigenvalue weighted by Crippen LogP contribution is -2.40. The Hall–Kier alpha value is -3.32. The van der Waals surface area contributed by atoms with E-state index in [1.54, 1.807) is 6.07 Å². The molecule has 0 aliphatic heterocycles. The molecule has 4 heteroatoms. The number of carbonyl (C=O) groups excluding carboxylic acids is 1. The van der Waals surface area contributed by atoms with Gasteiger partial charge in [0.2, 0.25) is 0 Å². The molecule has 0 saturated heterocycles. The fourth-order valence-corrected chi connectivity index (χ4v) is 4.30. The number of carbonyl (C=O) groups is 1. The van der Waals surface area contributed by atoms with Gasteiger partial charge in [-0.15, -0.1) is 6.42 Å². The molecule has 164 valence electrons. The average Bonchev–Trinajstić information content (AvgIpc) is 2.79. The van der Waals surface area contributed by atoms with Crippen molar-refractivity contribution in [1.82, 2.24) is 10.3 Å². The van der Waals surface area contributed by atoms with Gasteiger partial charge in [0.05, 0.1) is 5.52 Å². The first-order valence-corrected chi connectivity index (χ1v) is 11.4. The Labute approximate surface area is 190 Å². The average molecular weight is 426 g/mol. The molecule has 3 aromatic rings. The van der Waals surface area contributed by atoms with Crippen molar-refractivity contribution in [3.8, 4) is 12.3 Å². The number of nitrogens with one attached hydrogen (secondary N) is 2. The first kappa shape index (κ1) is 21.9. The smallest absolute Gasteiger partial charge is 0.251 e. The third-order valence-electron chi connectivity index (χ3n) is 6.20. The van der Waals surface area contributed by atoms with Crippen LogP contribution in [-0.2, 0) is 5.41 Å². The number of terminal acetylenes is 1. The Morgan fingerprint density at radius 2 is 1.72 bits per heavy atom. The van der Waals surface area contributed by atoms with E-state index in [-0.39, 0.29) is 17.4 Å². The van der Waals surface area contributed by atoms with Crippen molar-refractivity contribution in [3.63, 3.8) is 0 Å². The fraction of sp³-hybridized carbons (Fsp3) is 0.357. The van der Waals surface area contributed by atoms with Gasteiger partial charge in [-0.05, 0) is 56.0 Å². The number of hydrogen-bond donors (Lipinski definition) is 2. The third kappa shape index (κ3) is 4.94. The molecule has 2 N–H and O–H groups in total. The van der Waals surface area contributed by atoms with E-state index in [1.165, 1.54) is 0 Å². The van der Waals surface area contributed by atoms with Gasteiger partial charge in [0.15, 0.2) is 0 Å². The highest BCUT2D eigenvalue weighted by molar-refractivity contribution is 5.94. The molecule has 4 nitrogen and oxygen atoms in total. The van der Waals surface area contributed by atoms with Crippen LogP contribution in [0.2, 0.25) is 0 Å². The van der Waals surface area contributed by atoms with Crippen molar-refractivity contribution in [3.05, 3.63) is 71.4 Å². The van der Waals surface area contributed by atoms with Crippen LogP contribution in [0.15, 0.2) is 54.6 Å². The normalized spacial score (nSPS) is 18.7. The second-order valence-corrected chi connectivity index (χ2v) is 9.71. The molecule has 1 aliphatic carbocycles. The maximum atomic E-state index is 12.6. The highest BCUT2D eigenvalue weighted by Gasteiger charge is 2.24. The van der Waals surface area contributed by atoms with Crippen molar-refractivity contribution >= 4 is 22.5 Å². The maximum absolute atomic E-state index is 12.6. The lowest BCUT2D eigenvalue weighted by Gasteiger charge is -2.31. The fourth-order valence-electron chi connectivity index (χ4n) is 4.30. The van der Waals surface area contributed by atoms with Gasteiger partial charge in [-0.3, -0.25) is 9.78 Å². The van der Waals surface area contributed by atoms with E-state index in [2.05, 4.69) is 61.6 Å². The number of pyridine rings is 1. The van der Waals surface area contributed by atoms with Crippen LogP contribution < -0.4 is 10.6 Å². The Bertz CT molecular complexity index is 1160. The minimum Gasteiger partial charge on any atom is -0.382 e. The van der Waals surface area contributed by atoms with Gasteiger partial charge >= 0.3 is 0 Å². The Morgan fingerprint density at radius 1 is 1.00 bits per heavy atom. The molecule has 1 amide bonds. The molecule has 4 rings (SSSR count). The van der Waals surface area contributed by atoms with Crippen molar-refractivity contribution in [2.24, 2.45) is 0 Å². The van der Waals surface area contributed by atoms with Crippen LogP contribution in [0.1, 0.15) is 68.1 Å². The molecule has 1 saturated carbocycles. The number of nitrogens with zero attached hydrogens (tertiary/aromatic N) is 1. The molecule has 0 unspecified atom stereocenters. The summed E-state index contributed by atoms with van der Waals surface area (Å²) in [4.78, 5) is 17.5. The molecule has 1 aliphatic rings. The maximum Gasteiger partial charge on any atom is 0.251 e. The first-order valence-electron chi connectivity index (χ1n) is 11.4. The van der Waals surface area contributed by atoms with Gasteiger partial charge in [-0.2, -0.15) is 0 Å². The molecule has 1 fully saturated rings. The van der Waals surface area contributed by atoms with E-state index >= 15 is 0 Å². The number of para-hydroxylation sites is 1. The van der Waals surface area contributed by atoms with E-state index in [1.807, 2.05) is 24.3 Å². The van der Waals surface area contributed by atoms with Crippen LogP contribution in [0.4, 0.5) is 5.69 Å². The molecule has 0 atom stereocenters. The number of rotatable bonds is 4. The predicted molar refractivity (Wildman–Crippen MR) is 132 cm³/mol. The minimum atomic E-state index is -0.0477. The zero-order valence-electron chi connectivity index (χ0n) is 19.1. The molecular weight excluding hydrogens is 394 g/mol. The topological polar surface area (TPSA) is 54.0 Å². The van der Waals surface area contributed by atoms with Gasteiger partial charge < -0.3 is 10.6 Å². The third-order valence-corrected chi connectivity index (χ3v) is 6.20. The first-order chi connectivity index (χ1) is 15.3. The zero-order valence-corrected chi connectivity index (χ0v) is 19.1. The lowest BCUT2D eigenvalue weighted by atomic mass is 9.89. The molecule has 0 bridgehead atoms. The predicted octanol–water partition coefficient (Wildman–Crippen LogP) is 5.67. The van der Waals surface area contributed by atoms with Gasteiger partial charge in [0, 0.05) is 45.4 Å². The number of amides is 1. The standard InChI is InChI=1S/C28H31N3O/c1-5-19-9-8-10-20(17-19)27(32)30-22-15-13-21(14-16-22)29-25-18-26(28(2,3)4)31-24-12-7-6-11-23(24)25/h1,6-12,17-18,21-22H,13-16H2,2-4H3,(H,29,31)(H,30,32). The van der Waals surface area contributed by atoms with E-state index < -0.39 is 0 Å². The Kier molecular flexibility index (Phi) is 6.19. The quantitative estimate of drug-likeness (QED) is 0.530. The number of fused-ring (bicyclic) bond motifs is 1. The van der Waals surface area contributed by atoms with Crippen LogP contribution in [-0.4, -0.2) is 23.0 Å². The van der Waals surface area contributed by atoms with Gasteiger partial charge in [0.1, 0.15) is 0 Å². The summed E-state index contributed by atoms with van der Waals surface area (Å²) in [5.41, 5.74) is 4.60. The summed E-state index contributed by atoms with van der Waals surface area (Å²) in [5.74, 6) is 2.54. The molecule has 1 aromatic heterocycles. The Morgan fingerprint density at radius 3 is 2.44 bits per heavy atom. The summed E-state index contributed by atoms with van der Waals surface area (Å²) >= 11 is 0. The summed E-state index contributed by atoms with van der Waals surface area (Å²) in [6.07, 6.45) is 9.38. The highest BCUT2D eigenvalue weighted by atomic mass is 16.1. The monoisotopic (exact) mass is 425 g/mol. The summed E-state index contributed by atoms with van der Waals surface area (Å²) in [5, 5.41) is 8.12. The van der Waals surface area contributed by atoms with Crippen LogP contribution in [0.25, 0.3) is 10.9 Å².